The van der Waals surface area contributed by atoms with Crippen molar-refractivity contribution in [2.24, 2.45) is 0 Å². The molecule has 7 nitrogen and oxygen atoms in total. The number of anilines is 2. The van der Waals surface area contributed by atoms with Gasteiger partial charge in [0.1, 0.15) is 18.1 Å². The van der Waals surface area contributed by atoms with E-state index >= 15 is 0 Å². The molecule has 0 aliphatic carbocycles. The van der Waals surface area contributed by atoms with Crippen LogP contribution in [0.2, 0.25) is 0 Å². The maximum atomic E-state index is 12.4. The van der Waals surface area contributed by atoms with Gasteiger partial charge in [-0.05, 0) is 32.9 Å². The molecule has 7 heteroatoms. The largest absolute Gasteiger partial charge is 0.479 e. The standard InChI is InChI=1S/C17H20N4O3/c1-11(2)21-15(8-9-18-21)19-16(22)10-20-13-6-4-5-7-14(13)24-12(3)17(20)23/h4-9,11-12H,10H2,1-3H3,(H,19,22)/t12-/m0/s1. The van der Waals surface area contributed by atoms with E-state index in [2.05, 4.69) is 10.4 Å². The van der Waals surface area contributed by atoms with Gasteiger partial charge in [-0.2, -0.15) is 5.10 Å². The smallest absolute Gasteiger partial charge is 0.268 e. The van der Waals surface area contributed by atoms with Gasteiger partial charge in [-0.15, -0.1) is 0 Å². The second-order valence-electron chi connectivity index (χ2n) is 5.96. The highest BCUT2D eigenvalue weighted by Crippen LogP contribution is 2.33. The molecule has 1 N–H and O–H groups in total. The highest BCUT2D eigenvalue weighted by atomic mass is 16.5. The fraction of sp³-hybridized carbons (Fsp3) is 0.353. The van der Waals surface area contributed by atoms with Crippen molar-refractivity contribution in [3.05, 3.63) is 36.5 Å². The zero-order valence-electron chi connectivity index (χ0n) is 13.9. The first kappa shape index (κ1) is 16.0. The molecule has 1 atom stereocenters. The van der Waals surface area contributed by atoms with Crippen LogP contribution in [0.25, 0.3) is 0 Å². The number of fused-ring (bicyclic) bond motifs is 1. The lowest BCUT2D eigenvalue weighted by Crippen LogP contribution is -2.47. The summed E-state index contributed by atoms with van der Waals surface area (Å²) in [5.41, 5.74) is 0.605. The molecule has 2 heterocycles. The molecule has 0 saturated heterocycles. The van der Waals surface area contributed by atoms with Gasteiger partial charge in [-0.25, -0.2) is 4.68 Å². The van der Waals surface area contributed by atoms with E-state index in [0.29, 0.717) is 17.3 Å². The van der Waals surface area contributed by atoms with E-state index in [1.807, 2.05) is 26.0 Å². The second-order valence-corrected chi connectivity index (χ2v) is 5.96. The van der Waals surface area contributed by atoms with Gasteiger partial charge in [0.2, 0.25) is 5.91 Å². The lowest BCUT2D eigenvalue weighted by molar-refractivity contribution is -0.127. The van der Waals surface area contributed by atoms with Crippen molar-refractivity contribution in [3.8, 4) is 5.75 Å². The molecule has 0 bridgehead atoms. The lowest BCUT2D eigenvalue weighted by atomic mass is 10.2. The van der Waals surface area contributed by atoms with Crippen LogP contribution in [-0.2, 0) is 9.59 Å². The number of amides is 2. The summed E-state index contributed by atoms with van der Waals surface area (Å²) in [5, 5.41) is 6.99. The van der Waals surface area contributed by atoms with Crippen molar-refractivity contribution in [2.75, 3.05) is 16.8 Å². The highest BCUT2D eigenvalue weighted by Gasteiger charge is 2.32. The van der Waals surface area contributed by atoms with Crippen LogP contribution in [0.5, 0.6) is 5.75 Å². The summed E-state index contributed by atoms with van der Waals surface area (Å²) in [5.74, 6) is 0.692. The number of carbonyl (C=O) groups excluding carboxylic acids is 2. The van der Waals surface area contributed by atoms with Crippen LogP contribution in [-0.4, -0.2) is 34.2 Å². The Labute approximate surface area is 140 Å². The Hall–Kier alpha value is -2.83. The maximum absolute atomic E-state index is 12.4. The van der Waals surface area contributed by atoms with E-state index in [9.17, 15) is 9.59 Å². The Morgan fingerprint density at radius 2 is 2.08 bits per heavy atom. The van der Waals surface area contributed by atoms with E-state index in [4.69, 9.17) is 4.74 Å². The molecule has 3 rings (SSSR count). The van der Waals surface area contributed by atoms with Gasteiger partial charge in [-0.3, -0.25) is 14.5 Å². The minimum Gasteiger partial charge on any atom is -0.479 e. The molecule has 0 unspecified atom stereocenters. The van der Waals surface area contributed by atoms with Gasteiger partial charge >= 0.3 is 0 Å². The van der Waals surface area contributed by atoms with E-state index in [-0.39, 0.29) is 24.4 Å². The van der Waals surface area contributed by atoms with Crippen LogP contribution in [0.3, 0.4) is 0 Å². The molecular weight excluding hydrogens is 308 g/mol. The molecule has 1 aliphatic rings. The van der Waals surface area contributed by atoms with E-state index in [1.54, 1.807) is 36.0 Å². The van der Waals surface area contributed by atoms with E-state index in [0.717, 1.165) is 0 Å². The van der Waals surface area contributed by atoms with Gasteiger partial charge in [0.05, 0.1) is 11.9 Å². The van der Waals surface area contributed by atoms with Crippen molar-refractivity contribution >= 4 is 23.3 Å². The number of hydrogen-bond donors (Lipinski definition) is 1. The zero-order valence-corrected chi connectivity index (χ0v) is 13.9. The first-order valence-electron chi connectivity index (χ1n) is 7.88. The molecule has 0 fully saturated rings. The fourth-order valence-electron chi connectivity index (χ4n) is 2.67. The number of nitrogens with one attached hydrogen (secondary N) is 1. The number of rotatable bonds is 4. The minimum absolute atomic E-state index is 0.0766. The summed E-state index contributed by atoms with van der Waals surface area (Å²) in [6, 6.07) is 9.06. The molecule has 2 aromatic rings. The number of nitrogens with zero attached hydrogens (tertiary/aromatic N) is 3. The van der Waals surface area contributed by atoms with Crippen molar-refractivity contribution in [2.45, 2.75) is 32.9 Å². The minimum atomic E-state index is -0.617. The molecule has 24 heavy (non-hydrogen) atoms. The Kier molecular flexibility index (Phi) is 4.24. The summed E-state index contributed by atoms with van der Waals surface area (Å²) >= 11 is 0. The van der Waals surface area contributed by atoms with Crippen LogP contribution in [0.1, 0.15) is 26.8 Å². The second kappa shape index (κ2) is 6.35. The molecule has 0 spiro atoms. The predicted molar refractivity (Wildman–Crippen MR) is 90.1 cm³/mol. The Morgan fingerprint density at radius 1 is 1.33 bits per heavy atom. The van der Waals surface area contributed by atoms with Gasteiger partial charge < -0.3 is 10.1 Å². The van der Waals surface area contributed by atoms with Crippen molar-refractivity contribution in [1.29, 1.82) is 0 Å². The topological polar surface area (TPSA) is 76.5 Å². The Balaban J connectivity index is 1.78. The molecular formula is C17H20N4O3. The number of aromatic nitrogens is 2. The fourth-order valence-corrected chi connectivity index (χ4v) is 2.67. The van der Waals surface area contributed by atoms with Crippen LogP contribution in [0, 0.1) is 0 Å². The lowest BCUT2D eigenvalue weighted by Gasteiger charge is -2.32. The number of benzene rings is 1. The summed E-state index contributed by atoms with van der Waals surface area (Å²) in [6.07, 6.45) is 1.02. The molecule has 0 radical (unpaired) electrons. The Morgan fingerprint density at radius 3 is 2.83 bits per heavy atom. The van der Waals surface area contributed by atoms with Crippen LogP contribution < -0.4 is 15.0 Å². The van der Waals surface area contributed by atoms with Crippen molar-refractivity contribution < 1.29 is 14.3 Å². The first-order chi connectivity index (χ1) is 11.5. The van der Waals surface area contributed by atoms with Gasteiger partial charge in [-0.1, -0.05) is 12.1 Å². The average molecular weight is 328 g/mol. The van der Waals surface area contributed by atoms with Gasteiger partial charge in [0.15, 0.2) is 6.10 Å². The molecule has 1 aromatic carbocycles. The summed E-state index contributed by atoms with van der Waals surface area (Å²) < 4.78 is 7.29. The SMILES string of the molecule is CC(C)n1nccc1NC(=O)CN1C(=O)[C@H](C)Oc2ccccc21. The number of hydrogen-bond acceptors (Lipinski definition) is 4. The third-order valence-electron chi connectivity index (χ3n) is 3.80. The summed E-state index contributed by atoms with van der Waals surface area (Å²) in [7, 11) is 0. The maximum Gasteiger partial charge on any atom is 0.268 e. The molecule has 1 aromatic heterocycles. The summed E-state index contributed by atoms with van der Waals surface area (Å²) in [6.45, 7) is 5.56. The van der Waals surface area contributed by atoms with Gasteiger partial charge in [0, 0.05) is 12.1 Å². The molecule has 126 valence electrons. The number of para-hydroxylation sites is 2. The average Bonchev–Trinajstić information content (AvgIpc) is 3.00. The van der Waals surface area contributed by atoms with E-state index in [1.165, 1.54) is 4.90 Å². The van der Waals surface area contributed by atoms with Gasteiger partial charge in [0.25, 0.3) is 5.91 Å². The predicted octanol–water partition coefficient (Wildman–Crippen LogP) is 2.22. The monoisotopic (exact) mass is 328 g/mol. The van der Waals surface area contributed by atoms with Crippen molar-refractivity contribution in [1.82, 2.24) is 9.78 Å². The Bertz CT molecular complexity index is 769. The van der Waals surface area contributed by atoms with Crippen LogP contribution in [0.15, 0.2) is 36.5 Å². The quantitative estimate of drug-likeness (QED) is 0.933. The normalized spacial score (nSPS) is 16.8. The van der Waals surface area contributed by atoms with Crippen molar-refractivity contribution in [3.63, 3.8) is 0 Å². The zero-order chi connectivity index (χ0) is 17.3. The molecule has 0 saturated carbocycles. The summed E-state index contributed by atoms with van der Waals surface area (Å²) in [4.78, 5) is 26.3. The number of carbonyl (C=O) groups is 2. The van der Waals surface area contributed by atoms with Crippen LogP contribution >= 0.6 is 0 Å². The number of ether oxygens (including phenoxy) is 1. The molecule has 2 amide bonds. The third kappa shape index (κ3) is 2.97. The molecule has 1 aliphatic heterocycles. The first-order valence-corrected chi connectivity index (χ1v) is 7.88. The third-order valence-corrected chi connectivity index (χ3v) is 3.80. The van der Waals surface area contributed by atoms with Crippen LogP contribution in [0.4, 0.5) is 11.5 Å². The highest BCUT2D eigenvalue weighted by molar-refractivity contribution is 6.05. The van der Waals surface area contributed by atoms with E-state index < -0.39 is 6.10 Å².